The van der Waals surface area contributed by atoms with Gasteiger partial charge in [-0.2, -0.15) is 0 Å². The van der Waals surface area contributed by atoms with Crippen molar-refractivity contribution in [2.75, 3.05) is 21.3 Å². The molecule has 1 aromatic rings. The maximum atomic E-state index is 13.5. The highest BCUT2D eigenvalue weighted by atomic mass is 16.5. The van der Waals surface area contributed by atoms with Crippen LogP contribution in [0.3, 0.4) is 0 Å². The van der Waals surface area contributed by atoms with Crippen LogP contribution in [-0.4, -0.2) is 37.8 Å². The molecule has 0 unspecified atom stereocenters. The Kier molecular flexibility index (Phi) is 5.43. The average Bonchev–Trinajstić information content (AvgIpc) is 2.74. The molecule has 2 aliphatic rings. The number of aliphatic hydroxyl groups is 1. The van der Waals surface area contributed by atoms with E-state index in [4.69, 9.17) is 14.2 Å². The normalized spacial score (nSPS) is 26.3. The van der Waals surface area contributed by atoms with Gasteiger partial charge in [0.05, 0.1) is 32.5 Å². The highest BCUT2D eigenvalue weighted by Crippen LogP contribution is 2.56. The molecule has 1 aromatic carbocycles. The molecule has 0 heterocycles. The van der Waals surface area contributed by atoms with Crippen LogP contribution in [0.25, 0.3) is 0 Å². The second-order valence-electron chi connectivity index (χ2n) is 9.32. The number of rotatable bonds is 4. The first kappa shape index (κ1) is 21.0. The number of Topliss-reactive ketones (excluding diaryl/α,β-unsaturated/α-hetero) is 1. The summed E-state index contributed by atoms with van der Waals surface area (Å²) >= 11 is 0. The van der Waals surface area contributed by atoms with Gasteiger partial charge < -0.3 is 19.3 Å². The molecule has 5 nitrogen and oxygen atoms in total. The molecule has 2 atom stereocenters. The topological polar surface area (TPSA) is 65.0 Å². The third-order valence-corrected chi connectivity index (χ3v) is 6.86. The molecule has 156 valence electrons. The number of benzene rings is 1. The molecular weight excluding hydrogens is 356 g/mol. The Morgan fingerprint density at radius 3 is 2.14 bits per heavy atom. The second kappa shape index (κ2) is 7.25. The summed E-state index contributed by atoms with van der Waals surface area (Å²) in [4.78, 5) is 13.5. The fourth-order valence-corrected chi connectivity index (χ4v) is 5.56. The zero-order chi connectivity index (χ0) is 20.9. The molecule has 0 radical (unpaired) electrons. The molecule has 2 aliphatic carbocycles. The number of hydrogen-bond donors (Lipinski definition) is 1. The van der Waals surface area contributed by atoms with E-state index in [2.05, 4.69) is 13.8 Å². The number of carbonyl (C=O) groups excluding carboxylic acids is 1. The lowest BCUT2D eigenvalue weighted by Gasteiger charge is -2.48. The van der Waals surface area contributed by atoms with E-state index in [-0.39, 0.29) is 23.0 Å². The van der Waals surface area contributed by atoms with E-state index >= 15 is 0 Å². The van der Waals surface area contributed by atoms with Crippen LogP contribution in [0.1, 0.15) is 80.8 Å². The summed E-state index contributed by atoms with van der Waals surface area (Å²) in [5, 5.41) is 11.7. The van der Waals surface area contributed by atoms with E-state index in [0.717, 1.165) is 18.4 Å². The molecule has 1 N–H and O–H groups in total. The molecule has 5 heteroatoms. The molecule has 0 aromatic heterocycles. The monoisotopic (exact) mass is 390 g/mol. The third kappa shape index (κ3) is 3.08. The highest BCUT2D eigenvalue weighted by molar-refractivity contribution is 6.02. The zero-order valence-corrected chi connectivity index (χ0v) is 18.3. The van der Waals surface area contributed by atoms with Gasteiger partial charge in [-0.25, -0.2) is 0 Å². The maximum absolute atomic E-state index is 13.5. The van der Waals surface area contributed by atoms with Crippen LogP contribution in [0, 0.1) is 11.3 Å². The van der Waals surface area contributed by atoms with Crippen molar-refractivity contribution in [3.63, 3.8) is 0 Å². The molecule has 0 saturated heterocycles. The van der Waals surface area contributed by atoms with Gasteiger partial charge in [-0.3, -0.25) is 4.79 Å². The molecular formula is C23H34O5. The zero-order valence-electron chi connectivity index (χ0n) is 18.3. The molecule has 28 heavy (non-hydrogen) atoms. The van der Waals surface area contributed by atoms with Crippen LogP contribution in [0.5, 0.6) is 17.2 Å². The Morgan fingerprint density at radius 2 is 1.61 bits per heavy atom. The summed E-state index contributed by atoms with van der Waals surface area (Å²) in [6, 6.07) is 0. The summed E-state index contributed by atoms with van der Waals surface area (Å²) in [6.07, 6.45) is 3.34. The number of carbonyl (C=O) groups is 1. The fraction of sp³-hybridized carbons (Fsp3) is 0.696. The number of ether oxygens (including phenoxy) is 3. The second-order valence-corrected chi connectivity index (χ2v) is 9.32. The quantitative estimate of drug-likeness (QED) is 0.819. The van der Waals surface area contributed by atoms with Crippen LogP contribution in [0.4, 0.5) is 0 Å². The Balaban J connectivity index is 2.34. The summed E-state index contributed by atoms with van der Waals surface area (Å²) in [5.41, 5.74) is 1.07. The first-order chi connectivity index (χ1) is 13.1. The SMILES string of the molecule is COc1c2c(c(OC)c(C(C)C)c1OC)C(=O)C[C@@H]1C(C)(C)CCC[C@@]1(O)C2. The first-order valence-corrected chi connectivity index (χ1v) is 10.2. The molecule has 1 saturated carbocycles. The summed E-state index contributed by atoms with van der Waals surface area (Å²) < 4.78 is 17.3. The lowest BCUT2D eigenvalue weighted by Crippen LogP contribution is -2.50. The molecule has 1 fully saturated rings. The minimum Gasteiger partial charge on any atom is -0.496 e. The van der Waals surface area contributed by atoms with Crippen LogP contribution in [0.2, 0.25) is 0 Å². The first-order valence-electron chi connectivity index (χ1n) is 10.2. The number of ketones is 1. The van der Waals surface area contributed by atoms with Gasteiger partial charge in [-0.05, 0) is 24.2 Å². The van der Waals surface area contributed by atoms with Gasteiger partial charge >= 0.3 is 0 Å². The van der Waals surface area contributed by atoms with Crippen molar-refractivity contribution >= 4 is 5.78 Å². The van der Waals surface area contributed by atoms with Crippen molar-refractivity contribution in [1.29, 1.82) is 0 Å². The van der Waals surface area contributed by atoms with Gasteiger partial charge in [-0.15, -0.1) is 0 Å². The fourth-order valence-electron chi connectivity index (χ4n) is 5.56. The maximum Gasteiger partial charge on any atom is 0.168 e. The molecule has 0 aliphatic heterocycles. The van der Waals surface area contributed by atoms with Crippen molar-refractivity contribution in [2.24, 2.45) is 11.3 Å². The Morgan fingerprint density at radius 1 is 1.00 bits per heavy atom. The minimum absolute atomic E-state index is 0.0191. The van der Waals surface area contributed by atoms with Gasteiger partial charge in [0.2, 0.25) is 0 Å². The standard InChI is InChI=1S/C23H34O5/c1-13(2)17-20(27-6)18-14(19(26-5)21(17)28-7)12-23(25)10-8-9-22(3,4)16(23)11-15(18)24/h13,16,25H,8-12H2,1-7H3/t16-,23-/m1/s1. The summed E-state index contributed by atoms with van der Waals surface area (Å²) in [7, 11) is 4.79. The Hall–Kier alpha value is -1.75. The largest absolute Gasteiger partial charge is 0.496 e. The Labute approximate surface area is 168 Å². The van der Waals surface area contributed by atoms with Crippen LogP contribution >= 0.6 is 0 Å². The van der Waals surface area contributed by atoms with Gasteiger partial charge in [-0.1, -0.05) is 34.1 Å². The van der Waals surface area contributed by atoms with E-state index in [9.17, 15) is 9.90 Å². The molecule has 3 rings (SSSR count). The minimum atomic E-state index is -0.939. The van der Waals surface area contributed by atoms with Gasteiger partial charge in [0.25, 0.3) is 0 Å². The summed E-state index contributed by atoms with van der Waals surface area (Å²) in [5.74, 6) is 1.71. The molecule has 0 bridgehead atoms. The Bertz CT molecular complexity index is 780. The number of methoxy groups -OCH3 is 3. The van der Waals surface area contributed by atoms with Crippen molar-refractivity contribution in [2.45, 2.75) is 71.3 Å². The van der Waals surface area contributed by atoms with Crippen molar-refractivity contribution in [1.82, 2.24) is 0 Å². The van der Waals surface area contributed by atoms with Gasteiger partial charge in [0.1, 0.15) is 5.75 Å². The van der Waals surface area contributed by atoms with Crippen molar-refractivity contribution in [3.05, 3.63) is 16.7 Å². The number of fused-ring (bicyclic) bond motifs is 2. The lowest BCUT2D eigenvalue weighted by molar-refractivity contribution is -0.0994. The van der Waals surface area contributed by atoms with Crippen LogP contribution in [-0.2, 0) is 6.42 Å². The van der Waals surface area contributed by atoms with E-state index in [1.807, 2.05) is 13.8 Å². The predicted molar refractivity (Wildman–Crippen MR) is 109 cm³/mol. The van der Waals surface area contributed by atoms with Gasteiger partial charge in [0.15, 0.2) is 17.3 Å². The predicted octanol–water partition coefficient (Wildman–Crippen LogP) is 4.52. The third-order valence-electron chi connectivity index (χ3n) is 6.86. The lowest BCUT2D eigenvalue weighted by atomic mass is 9.59. The van der Waals surface area contributed by atoms with Crippen LogP contribution in [0.15, 0.2) is 0 Å². The van der Waals surface area contributed by atoms with E-state index < -0.39 is 5.60 Å². The van der Waals surface area contributed by atoms with Gasteiger partial charge in [0, 0.05) is 29.9 Å². The van der Waals surface area contributed by atoms with Crippen molar-refractivity contribution in [3.8, 4) is 17.2 Å². The van der Waals surface area contributed by atoms with E-state index in [0.29, 0.717) is 47.6 Å². The number of hydrogen-bond acceptors (Lipinski definition) is 5. The smallest absolute Gasteiger partial charge is 0.168 e. The molecule has 0 spiro atoms. The molecule has 0 amide bonds. The summed E-state index contributed by atoms with van der Waals surface area (Å²) in [6.45, 7) is 8.42. The van der Waals surface area contributed by atoms with E-state index in [1.54, 1.807) is 21.3 Å². The highest BCUT2D eigenvalue weighted by Gasteiger charge is 2.52. The van der Waals surface area contributed by atoms with E-state index in [1.165, 1.54) is 0 Å². The van der Waals surface area contributed by atoms with Crippen molar-refractivity contribution < 1.29 is 24.1 Å². The average molecular weight is 391 g/mol. The van der Waals surface area contributed by atoms with Crippen LogP contribution < -0.4 is 14.2 Å².